The van der Waals surface area contributed by atoms with Gasteiger partial charge in [-0.25, -0.2) is 4.99 Å². The molecule has 3 rings (SSSR count). The van der Waals surface area contributed by atoms with Crippen LogP contribution in [0.5, 0.6) is 11.5 Å². The maximum Gasteiger partial charge on any atom is 0.252 e. The molecule has 0 spiro atoms. The fraction of sp³-hybridized carbons (Fsp3) is 0.261. The summed E-state index contributed by atoms with van der Waals surface area (Å²) in [5.74, 6) is 2.11. The standard InChI is InChI=1S/C23H24N2O4S/c1-16(26)17-5-8-19(9-6-17)24-23-25(13-4-14-30-23)22(27)12-7-18-15-20(28-2)10-11-21(18)29-3/h5-12,15H,4,13-14H2,1-3H3/b12-7+,24-23?. The first-order chi connectivity index (χ1) is 14.5. The molecule has 2 aromatic carbocycles. The first kappa shape index (κ1) is 21.6. The van der Waals surface area contributed by atoms with E-state index in [1.54, 1.807) is 73.4 Å². The summed E-state index contributed by atoms with van der Waals surface area (Å²) in [5, 5.41) is 0.657. The summed E-state index contributed by atoms with van der Waals surface area (Å²) < 4.78 is 10.6. The summed E-state index contributed by atoms with van der Waals surface area (Å²) >= 11 is 1.55. The van der Waals surface area contributed by atoms with Gasteiger partial charge in [0.1, 0.15) is 11.5 Å². The van der Waals surface area contributed by atoms with Gasteiger partial charge in [0.2, 0.25) is 0 Å². The largest absolute Gasteiger partial charge is 0.497 e. The van der Waals surface area contributed by atoms with Crippen molar-refractivity contribution in [3.8, 4) is 11.5 Å². The molecule has 1 aliphatic rings. The topological polar surface area (TPSA) is 68.2 Å². The lowest BCUT2D eigenvalue weighted by Gasteiger charge is -2.26. The number of aliphatic imine (C=N–C) groups is 1. The highest BCUT2D eigenvalue weighted by atomic mass is 32.2. The molecule has 0 N–H and O–H groups in total. The van der Waals surface area contributed by atoms with Crippen molar-refractivity contribution in [2.75, 3.05) is 26.5 Å². The molecule has 0 aromatic heterocycles. The maximum atomic E-state index is 12.9. The molecule has 1 fully saturated rings. The van der Waals surface area contributed by atoms with Crippen LogP contribution in [0.3, 0.4) is 0 Å². The van der Waals surface area contributed by atoms with Gasteiger partial charge >= 0.3 is 0 Å². The van der Waals surface area contributed by atoms with E-state index < -0.39 is 0 Å². The first-order valence-corrected chi connectivity index (χ1v) is 10.5. The molecule has 0 radical (unpaired) electrons. The van der Waals surface area contributed by atoms with Crippen molar-refractivity contribution in [2.45, 2.75) is 13.3 Å². The van der Waals surface area contributed by atoms with Gasteiger partial charge in [0.15, 0.2) is 11.0 Å². The highest BCUT2D eigenvalue weighted by Gasteiger charge is 2.22. The average Bonchev–Trinajstić information content (AvgIpc) is 2.78. The normalized spacial score (nSPS) is 15.4. The minimum absolute atomic E-state index is 0.0103. The second-order valence-corrected chi connectivity index (χ2v) is 7.69. The molecule has 1 heterocycles. The molecule has 0 bridgehead atoms. The summed E-state index contributed by atoms with van der Waals surface area (Å²) in [7, 11) is 3.18. The lowest BCUT2D eigenvalue weighted by Crippen LogP contribution is -2.38. The Bertz CT molecular complexity index is 983. The monoisotopic (exact) mass is 424 g/mol. The van der Waals surface area contributed by atoms with Crippen molar-refractivity contribution in [2.24, 2.45) is 4.99 Å². The minimum atomic E-state index is -0.147. The minimum Gasteiger partial charge on any atom is -0.497 e. The molecule has 2 aromatic rings. The van der Waals surface area contributed by atoms with Gasteiger partial charge in [-0.1, -0.05) is 11.8 Å². The summed E-state index contributed by atoms with van der Waals surface area (Å²) in [6, 6.07) is 12.5. The van der Waals surface area contributed by atoms with Crippen molar-refractivity contribution >= 4 is 40.4 Å². The van der Waals surface area contributed by atoms with Gasteiger partial charge in [0, 0.05) is 29.5 Å². The van der Waals surface area contributed by atoms with Crippen molar-refractivity contribution in [3.63, 3.8) is 0 Å². The Morgan fingerprint density at radius 3 is 2.53 bits per heavy atom. The van der Waals surface area contributed by atoms with E-state index in [1.165, 1.54) is 13.0 Å². The lowest BCUT2D eigenvalue weighted by molar-refractivity contribution is -0.122. The van der Waals surface area contributed by atoms with Gasteiger partial charge in [0.05, 0.1) is 19.9 Å². The summed E-state index contributed by atoms with van der Waals surface area (Å²) in [6.45, 7) is 2.14. The predicted molar refractivity (Wildman–Crippen MR) is 121 cm³/mol. The zero-order valence-electron chi connectivity index (χ0n) is 17.3. The number of nitrogens with zero attached hydrogens (tertiary/aromatic N) is 2. The third-order valence-corrected chi connectivity index (χ3v) is 5.66. The number of ether oxygens (including phenoxy) is 2. The van der Waals surface area contributed by atoms with E-state index in [4.69, 9.17) is 9.47 Å². The van der Waals surface area contributed by atoms with Gasteiger partial charge in [-0.3, -0.25) is 14.5 Å². The number of benzene rings is 2. The molecule has 0 atom stereocenters. The van der Waals surface area contributed by atoms with Gasteiger partial charge in [-0.15, -0.1) is 0 Å². The van der Waals surface area contributed by atoms with Crippen LogP contribution < -0.4 is 9.47 Å². The number of thioether (sulfide) groups is 1. The van der Waals surface area contributed by atoms with Crippen LogP contribution in [0.15, 0.2) is 53.5 Å². The Morgan fingerprint density at radius 1 is 1.10 bits per heavy atom. The van der Waals surface area contributed by atoms with E-state index in [0.717, 1.165) is 17.7 Å². The second-order valence-electron chi connectivity index (χ2n) is 6.63. The zero-order chi connectivity index (χ0) is 21.5. The molecule has 0 unspecified atom stereocenters. The maximum absolute atomic E-state index is 12.9. The number of amides is 1. The molecule has 7 heteroatoms. The number of carbonyl (C=O) groups excluding carboxylic acids is 2. The van der Waals surface area contributed by atoms with E-state index in [0.29, 0.717) is 34.5 Å². The van der Waals surface area contributed by atoms with Crippen LogP contribution in [0.25, 0.3) is 6.08 Å². The van der Waals surface area contributed by atoms with Crippen LogP contribution >= 0.6 is 11.8 Å². The molecular weight excluding hydrogens is 400 g/mol. The number of amidine groups is 1. The zero-order valence-corrected chi connectivity index (χ0v) is 18.1. The molecular formula is C23H24N2O4S. The van der Waals surface area contributed by atoms with Crippen molar-refractivity contribution in [1.82, 2.24) is 4.90 Å². The number of rotatable bonds is 6. The summed E-state index contributed by atoms with van der Waals surface area (Å²) in [6.07, 6.45) is 4.15. The van der Waals surface area contributed by atoms with E-state index in [1.807, 2.05) is 6.07 Å². The third kappa shape index (κ3) is 5.30. The molecule has 30 heavy (non-hydrogen) atoms. The molecule has 1 aliphatic heterocycles. The number of methoxy groups -OCH3 is 2. The van der Waals surface area contributed by atoms with Gasteiger partial charge < -0.3 is 9.47 Å². The first-order valence-electron chi connectivity index (χ1n) is 9.56. The molecule has 0 saturated carbocycles. The molecule has 156 valence electrons. The quantitative estimate of drug-likeness (QED) is 0.502. The SMILES string of the molecule is COc1ccc(OC)c(/C=C/C(=O)N2CCCSC2=Nc2ccc(C(C)=O)cc2)c1. The smallest absolute Gasteiger partial charge is 0.252 e. The van der Waals surface area contributed by atoms with Crippen LogP contribution in [-0.4, -0.2) is 48.3 Å². The molecule has 0 aliphatic carbocycles. The van der Waals surface area contributed by atoms with E-state index in [9.17, 15) is 9.59 Å². The highest BCUT2D eigenvalue weighted by Crippen LogP contribution is 2.26. The van der Waals surface area contributed by atoms with Crippen molar-refractivity contribution in [3.05, 3.63) is 59.7 Å². The van der Waals surface area contributed by atoms with Gasteiger partial charge in [0.25, 0.3) is 5.91 Å². The summed E-state index contributed by atoms with van der Waals surface area (Å²) in [5.41, 5.74) is 2.10. The van der Waals surface area contributed by atoms with E-state index >= 15 is 0 Å². The number of Topliss-reactive ketones (excluding diaryl/α,β-unsaturated/α-hetero) is 1. The molecule has 1 saturated heterocycles. The number of carbonyl (C=O) groups is 2. The predicted octanol–water partition coefficient (Wildman–Crippen LogP) is 4.57. The second kappa shape index (κ2) is 10.1. The van der Waals surface area contributed by atoms with Gasteiger partial charge in [-0.2, -0.15) is 0 Å². The van der Waals surface area contributed by atoms with Crippen LogP contribution in [0.2, 0.25) is 0 Å². The Balaban J connectivity index is 1.81. The highest BCUT2D eigenvalue weighted by molar-refractivity contribution is 8.13. The fourth-order valence-corrected chi connectivity index (χ4v) is 3.92. The van der Waals surface area contributed by atoms with Crippen LogP contribution in [0.4, 0.5) is 5.69 Å². The van der Waals surface area contributed by atoms with E-state index in [2.05, 4.69) is 4.99 Å². The lowest BCUT2D eigenvalue weighted by atomic mass is 10.1. The van der Waals surface area contributed by atoms with E-state index in [-0.39, 0.29) is 11.7 Å². The number of hydrogen-bond donors (Lipinski definition) is 0. The van der Waals surface area contributed by atoms with Crippen molar-refractivity contribution in [1.29, 1.82) is 0 Å². The Hall–Kier alpha value is -3.06. The van der Waals surface area contributed by atoms with Crippen LogP contribution in [-0.2, 0) is 4.79 Å². The van der Waals surface area contributed by atoms with Crippen molar-refractivity contribution < 1.29 is 19.1 Å². The number of hydrogen-bond acceptors (Lipinski definition) is 6. The van der Waals surface area contributed by atoms with Gasteiger partial charge in [-0.05, 0) is 61.9 Å². The van der Waals surface area contributed by atoms with Crippen LogP contribution in [0.1, 0.15) is 29.3 Å². The molecule has 6 nitrogen and oxygen atoms in total. The Kier molecular flexibility index (Phi) is 7.30. The summed E-state index contributed by atoms with van der Waals surface area (Å²) in [4.78, 5) is 30.7. The molecule has 1 amide bonds. The van der Waals surface area contributed by atoms with Crippen LogP contribution in [0, 0.1) is 0 Å². The Morgan fingerprint density at radius 2 is 1.87 bits per heavy atom. The number of ketones is 1. The average molecular weight is 425 g/mol. The fourth-order valence-electron chi connectivity index (χ4n) is 2.96. The Labute approximate surface area is 180 Å². The third-order valence-electron chi connectivity index (χ3n) is 4.60.